The van der Waals surface area contributed by atoms with Crippen LogP contribution in [-0.4, -0.2) is 27.6 Å². The van der Waals surface area contributed by atoms with Gasteiger partial charge in [0.05, 0.1) is 31.0 Å². The molecule has 0 aliphatic heterocycles. The van der Waals surface area contributed by atoms with Crippen LogP contribution in [0.5, 0.6) is 0 Å². The maximum atomic E-state index is 11.6. The predicted molar refractivity (Wildman–Crippen MR) is 69.7 cm³/mol. The molecule has 0 N–H and O–H groups in total. The van der Waals surface area contributed by atoms with Crippen LogP contribution in [0.1, 0.15) is 28.7 Å². The van der Waals surface area contributed by atoms with Crippen LogP contribution in [0.3, 0.4) is 0 Å². The Labute approximate surface area is 109 Å². The lowest BCUT2D eigenvalue weighted by Gasteiger charge is -2.02. The summed E-state index contributed by atoms with van der Waals surface area (Å²) in [6.07, 6.45) is 4.58. The Morgan fingerprint density at radius 1 is 1.56 bits per heavy atom. The quantitative estimate of drug-likeness (QED) is 0.797. The molecule has 0 atom stereocenters. The molecule has 0 saturated heterocycles. The molecule has 0 aliphatic rings. The molecule has 0 unspecified atom stereocenters. The smallest absolute Gasteiger partial charge is 0.349 e. The van der Waals surface area contributed by atoms with Crippen LogP contribution < -0.4 is 0 Å². The standard InChI is InChI=1S/C12H15N3O2S/c1-4-5-15-7-13-6-9(15)11-14-8(2)10(18-11)12(16)17-3/h6-7H,4-5H2,1-3H3. The Bertz CT molecular complexity index is 559. The molecule has 0 aromatic carbocycles. The summed E-state index contributed by atoms with van der Waals surface area (Å²) in [6, 6.07) is 0. The van der Waals surface area contributed by atoms with E-state index in [0.29, 0.717) is 10.6 Å². The number of hydrogen-bond acceptors (Lipinski definition) is 5. The monoisotopic (exact) mass is 265 g/mol. The van der Waals surface area contributed by atoms with E-state index in [-0.39, 0.29) is 5.97 Å². The fourth-order valence-corrected chi connectivity index (χ4v) is 2.72. The number of aromatic nitrogens is 3. The highest BCUT2D eigenvalue weighted by molar-refractivity contribution is 7.17. The average molecular weight is 265 g/mol. The fourth-order valence-electron chi connectivity index (χ4n) is 1.71. The molecule has 18 heavy (non-hydrogen) atoms. The third kappa shape index (κ3) is 2.28. The molecule has 5 nitrogen and oxygen atoms in total. The van der Waals surface area contributed by atoms with Gasteiger partial charge in [0.1, 0.15) is 9.88 Å². The molecule has 2 heterocycles. The van der Waals surface area contributed by atoms with Gasteiger partial charge in [-0.05, 0) is 13.3 Å². The second-order valence-corrected chi connectivity index (χ2v) is 4.90. The van der Waals surface area contributed by atoms with Gasteiger partial charge in [-0.3, -0.25) is 0 Å². The van der Waals surface area contributed by atoms with E-state index in [1.54, 1.807) is 12.5 Å². The third-order valence-corrected chi connectivity index (χ3v) is 3.72. The molecule has 0 amide bonds. The normalized spacial score (nSPS) is 10.6. The first-order valence-corrected chi connectivity index (χ1v) is 6.55. The molecule has 96 valence electrons. The second-order valence-electron chi connectivity index (χ2n) is 3.90. The van der Waals surface area contributed by atoms with Crippen molar-refractivity contribution >= 4 is 17.3 Å². The van der Waals surface area contributed by atoms with E-state index in [1.165, 1.54) is 18.4 Å². The van der Waals surface area contributed by atoms with Crippen molar-refractivity contribution in [2.75, 3.05) is 7.11 Å². The third-order valence-electron chi connectivity index (χ3n) is 2.56. The Balaban J connectivity index is 2.39. The van der Waals surface area contributed by atoms with E-state index in [0.717, 1.165) is 23.7 Å². The van der Waals surface area contributed by atoms with Crippen LogP contribution in [0, 0.1) is 6.92 Å². The number of carbonyl (C=O) groups is 1. The van der Waals surface area contributed by atoms with Crippen molar-refractivity contribution < 1.29 is 9.53 Å². The van der Waals surface area contributed by atoms with Gasteiger partial charge >= 0.3 is 5.97 Å². The summed E-state index contributed by atoms with van der Waals surface area (Å²) in [5.41, 5.74) is 1.64. The molecule has 0 fully saturated rings. The summed E-state index contributed by atoms with van der Waals surface area (Å²) in [6.45, 7) is 4.81. The lowest BCUT2D eigenvalue weighted by Crippen LogP contribution is -1.99. The van der Waals surface area contributed by atoms with Crippen molar-refractivity contribution in [3.63, 3.8) is 0 Å². The molecule has 0 aliphatic carbocycles. The van der Waals surface area contributed by atoms with Gasteiger partial charge in [-0.25, -0.2) is 14.8 Å². The summed E-state index contributed by atoms with van der Waals surface area (Å²) < 4.78 is 6.78. The number of methoxy groups -OCH3 is 1. The summed E-state index contributed by atoms with van der Waals surface area (Å²) in [5.74, 6) is -0.335. The van der Waals surface area contributed by atoms with Gasteiger partial charge in [0.15, 0.2) is 0 Å². The molecule has 6 heteroatoms. The minimum atomic E-state index is -0.335. The molecular weight excluding hydrogens is 250 g/mol. The van der Waals surface area contributed by atoms with Crippen LogP contribution in [0.2, 0.25) is 0 Å². The second kappa shape index (κ2) is 5.30. The number of imidazole rings is 1. The van der Waals surface area contributed by atoms with E-state index in [4.69, 9.17) is 4.74 Å². The number of thiazole rings is 1. The molecular formula is C12H15N3O2S. The summed E-state index contributed by atoms with van der Waals surface area (Å²) >= 11 is 1.34. The van der Waals surface area contributed by atoms with Crippen molar-refractivity contribution in [1.29, 1.82) is 0 Å². The number of rotatable bonds is 4. The van der Waals surface area contributed by atoms with Gasteiger partial charge in [-0.1, -0.05) is 6.92 Å². The van der Waals surface area contributed by atoms with Gasteiger partial charge in [0, 0.05) is 6.54 Å². The molecule has 2 rings (SSSR count). The molecule has 0 saturated carbocycles. The summed E-state index contributed by atoms with van der Waals surface area (Å²) in [7, 11) is 1.38. The number of carbonyl (C=O) groups excluding carboxylic acids is 1. The van der Waals surface area contributed by atoms with Crippen LogP contribution in [0.15, 0.2) is 12.5 Å². The number of ether oxygens (including phenoxy) is 1. The minimum Gasteiger partial charge on any atom is -0.465 e. The Hall–Kier alpha value is -1.69. The number of aryl methyl sites for hydroxylation is 2. The summed E-state index contributed by atoms with van der Waals surface area (Å²) in [4.78, 5) is 20.7. The maximum Gasteiger partial charge on any atom is 0.349 e. The first kappa shape index (κ1) is 12.8. The first-order valence-electron chi connectivity index (χ1n) is 5.73. The van der Waals surface area contributed by atoms with Gasteiger partial charge < -0.3 is 9.30 Å². The largest absolute Gasteiger partial charge is 0.465 e. The van der Waals surface area contributed by atoms with Crippen molar-refractivity contribution in [2.45, 2.75) is 26.8 Å². The topological polar surface area (TPSA) is 57.0 Å². The van der Waals surface area contributed by atoms with Gasteiger partial charge in [-0.2, -0.15) is 0 Å². The SMILES string of the molecule is CCCn1cncc1-c1nc(C)c(C(=O)OC)s1. The van der Waals surface area contributed by atoms with Crippen molar-refractivity contribution in [1.82, 2.24) is 14.5 Å². The number of esters is 1. The molecule has 0 bridgehead atoms. The van der Waals surface area contributed by atoms with E-state index < -0.39 is 0 Å². The van der Waals surface area contributed by atoms with E-state index in [1.807, 2.05) is 11.5 Å². The van der Waals surface area contributed by atoms with Crippen LogP contribution in [-0.2, 0) is 11.3 Å². The average Bonchev–Trinajstić information content (AvgIpc) is 2.95. The van der Waals surface area contributed by atoms with Crippen molar-refractivity contribution in [3.8, 4) is 10.7 Å². The lowest BCUT2D eigenvalue weighted by atomic mass is 10.4. The van der Waals surface area contributed by atoms with Crippen molar-refractivity contribution in [2.24, 2.45) is 0 Å². The Kier molecular flexibility index (Phi) is 3.76. The highest BCUT2D eigenvalue weighted by atomic mass is 32.1. The number of hydrogen-bond donors (Lipinski definition) is 0. The highest BCUT2D eigenvalue weighted by Gasteiger charge is 2.18. The number of nitrogens with zero attached hydrogens (tertiary/aromatic N) is 3. The van der Waals surface area contributed by atoms with E-state index in [9.17, 15) is 4.79 Å². The van der Waals surface area contributed by atoms with Gasteiger partial charge in [0.25, 0.3) is 0 Å². The summed E-state index contributed by atoms with van der Waals surface area (Å²) in [5, 5.41) is 0.804. The van der Waals surface area contributed by atoms with Crippen molar-refractivity contribution in [3.05, 3.63) is 23.1 Å². The zero-order valence-corrected chi connectivity index (χ0v) is 11.5. The minimum absolute atomic E-state index is 0.335. The first-order chi connectivity index (χ1) is 8.67. The van der Waals surface area contributed by atoms with Crippen LogP contribution >= 0.6 is 11.3 Å². The zero-order chi connectivity index (χ0) is 13.1. The fraction of sp³-hybridized carbons (Fsp3) is 0.417. The lowest BCUT2D eigenvalue weighted by molar-refractivity contribution is 0.0605. The molecule has 2 aromatic heterocycles. The van der Waals surface area contributed by atoms with Crippen LogP contribution in [0.25, 0.3) is 10.7 Å². The molecule has 0 radical (unpaired) electrons. The zero-order valence-electron chi connectivity index (χ0n) is 10.6. The molecule has 2 aromatic rings. The van der Waals surface area contributed by atoms with E-state index >= 15 is 0 Å². The van der Waals surface area contributed by atoms with Gasteiger partial charge in [-0.15, -0.1) is 11.3 Å². The van der Waals surface area contributed by atoms with Crippen LogP contribution in [0.4, 0.5) is 0 Å². The molecule has 0 spiro atoms. The highest BCUT2D eigenvalue weighted by Crippen LogP contribution is 2.28. The predicted octanol–water partition coefficient (Wildman–Crippen LogP) is 2.51. The van der Waals surface area contributed by atoms with Gasteiger partial charge in [0.2, 0.25) is 0 Å². The maximum absolute atomic E-state index is 11.6. The Morgan fingerprint density at radius 2 is 2.33 bits per heavy atom. The Morgan fingerprint density at radius 3 is 3.00 bits per heavy atom. The van der Waals surface area contributed by atoms with E-state index in [2.05, 4.69) is 16.9 Å².